The minimum atomic E-state index is 0.504. The van der Waals surface area contributed by atoms with Gasteiger partial charge in [0.2, 0.25) is 0 Å². The van der Waals surface area contributed by atoms with E-state index in [1.807, 2.05) is 11.3 Å². The SMILES string of the molecule is CC1(c2cccc3ccsc23)CC1. The summed E-state index contributed by atoms with van der Waals surface area (Å²) in [6.45, 7) is 2.38. The van der Waals surface area contributed by atoms with Crippen molar-refractivity contribution in [1.82, 2.24) is 0 Å². The van der Waals surface area contributed by atoms with Crippen molar-refractivity contribution in [1.29, 1.82) is 0 Å². The molecule has 1 heteroatoms. The van der Waals surface area contributed by atoms with E-state index in [0.717, 1.165) is 0 Å². The standard InChI is InChI=1S/C12H12S/c1-12(6-7-12)10-4-2-3-9-5-8-13-11(9)10/h2-5,8H,6-7H2,1H3. The van der Waals surface area contributed by atoms with Gasteiger partial charge >= 0.3 is 0 Å². The highest BCUT2D eigenvalue weighted by atomic mass is 32.1. The first-order valence-electron chi connectivity index (χ1n) is 4.76. The predicted octanol–water partition coefficient (Wildman–Crippen LogP) is 3.95. The average molecular weight is 188 g/mol. The van der Waals surface area contributed by atoms with Crippen molar-refractivity contribution in [3.05, 3.63) is 35.2 Å². The maximum atomic E-state index is 2.38. The first-order valence-corrected chi connectivity index (χ1v) is 5.64. The smallest absolute Gasteiger partial charge is 0.0380 e. The van der Waals surface area contributed by atoms with Gasteiger partial charge in [-0.25, -0.2) is 0 Å². The van der Waals surface area contributed by atoms with Crippen LogP contribution >= 0.6 is 11.3 Å². The van der Waals surface area contributed by atoms with Crippen molar-refractivity contribution < 1.29 is 0 Å². The Morgan fingerprint density at radius 1 is 1.23 bits per heavy atom. The molecule has 0 saturated heterocycles. The zero-order chi connectivity index (χ0) is 8.89. The fraction of sp³-hybridized carbons (Fsp3) is 0.333. The summed E-state index contributed by atoms with van der Waals surface area (Å²) in [5.74, 6) is 0. The molecular formula is C12H12S. The van der Waals surface area contributed by atoms with Crippen LogP contribution in [-0.4, -0.2) is 0 Å². The Hall–Kier alpha value is -0.820. The van der Waals surface area contributed by atoms with E-state index in [1.54, 1.807) is 5.56 Å². The monoisotopic (exact) mass is 188 g/mol. The molecule has 13 heavy (non-hydrogen) atoms. The van der Waals surface area contributed by atoms with Gasteiger partial charge in [0, 0.05) is 4.70 Å². The van der Waals surface area contributed by atoms with Gasteiger partial charge in [0.1, 0.15) is 0 Å². The van der Waals surface area contributed by atoms with Gasteiger partial charge in [0.05, 0.1) is 0 Å². The normalized spacial score (nSPS) is 19.2. The number of hydrogen-bond donors (Lipinski definition) is 0. The highest BCUT2D eigenvalue weighted by molar-refractivity contribution is 7.17. The molecule has 0 nitrogen and oxygen atoms in total. The van der Waals surface area contributed by atoms with Gasteiger partial charge in [0.25, 0.3) is 0 Å². The van der Waals surface area contributed by atoms with Crippen molar-refractivity contribution >= 4 is 21.4 Å². The lowest BCUT2D eigenvalue weighted by Gasteiger charge is -2.09. The molecule has 1 saturated carbocycles. The van der Waals surface area contributed by atoms with Crippen LogP contribution in [0.25, 0.3) is 10.1 Å². The van der Waals surface area contributed by atoms with E-state index >= 15 is 0 Å². The number of benzene rings is 1. The van der Waals surface area contributed by atoms with E-state index < -0.39 is 0 Å². The molecule has 1 aromatic carbocycles. The molecule has 0 atom stereocenters. The molecule has 1 heterocycles. The Labute approximate surface area is 82.2 Å². The van der Waals surface area contributed by atoms with E-state index in [9.17, 15) is 0 Å². The molecule has 0 spiro atoms. The summed E-state index contributed by atoms with van der Waals surface area (Å²) in [6.07, 6.45) is 2.73. The molecular weight excluding hydrogens is 176 g/mol. The molecule has 1 aliphatic carbocycles. The summed E-state index contributed by atoms with van der Waals surface area (Å²) >= 11 is 1.88. The lowest BCUT2D eigenvalue weighted by molar-refractivity contribution is 0.798. The van der Waals surface area contributed by atoms with Gasteiger partial charge < -0.3 is 0 Å². The van der Waals surface area contributed by atoms with Crippen LogP contribution in [0.5, 0.6) is 0 Å². The highest BCUT2D eigenvalue weighted by Gasteiger charge is 2.40. The fourth-order valence-electron chi connectivity index (χ4n) is 1.93. The maximum absolute atomic E-state index is 2.38. The molecule has 1 fully saturated rings. The van der Waals surface area contributed by atoms with Crippen LogP contribution in [0.2, 0.25) is 0 Å². The van der Waals surface area contributed by atoms with Crippen molar-refractivity contribution in [3.8, 4) is 0 Å². The van der Waals surface area contributed by atoms with E-state index in [1.165, 1.54) is 22.9 Å². The Balaban J connectivity index is 2.33. The molecule has 0 bridgehead atoms. The third-order valence-electron chi connectivity index (χ3n) is 3.13. The lowest BCUT2D eigenvalue weighted by atomic mass is 9.97. The van der Waals surface area contributed by atoms with Crippen LogP contribution in [0.4, 0.5) is 0 Å². The summed E-state index contributed by atoms with van der Waals surface area (Å²) < 4.78 is 1.50. The second-order valence-corrected chi connectivity index (χ2v) is 5.12. The molecule has 0 N–H and O–H groups in total. The number of hydrogen-bond acceptors (Lipinski definition) is 1. The number of thiophene rings is 1. The molecule has 2 aromatic rings. The Morgan fingerprint density at radius 3 is 2.85 bits per heavy atom. The van der Waals surface area contributed by atoms with Crippen LogP contribution in [0.1, 0.15) is 25.3 Å². The Bertz CT molecular complexity index is 449. The van der Waals surface area contributed by atoms with Crippen LogP contribution in [0.3, 0.4) is 0 Å². The zero-order valence-corrected chi connectivity index (χ0v) is 8.53. The number of rotatable bonds is 1. The molecule has 1 aliphatic rings. The zero-order valence-electron chi connectivity index (χ0n) is 7.71. The van der Waals surface area contributed by atoms with E-state index in [4.69, 9.17) is 0 Å². The molecule has 1 aromatic heterocycles. The van der Waals surface area contributed by atoms with Crippen LogP contribution in [0.15, 0.2) is 29.6 Å². The van der Waals surface area contributed by atoms with Gasteiger partial charge in [-0.1, -0.05) is 25.1 Å². The van der Waals surface area contributed by atoms with Crippen molar-refractivity contribution in [2.45, 2.75) is 25.2 Å². The van der Waals surface area contributed by atoms with Crippen LogP contribution in [-0.2, 0) is 5.41 Å². The highest BCUT2D eigenvalue weighted by Crippen LogP contribution is 2.50. The van der Waals surface area contributed by atoms with Crippen LogP contribution < -0.4 is 0 Å². The van der Waals surface area contributed by atoms with Gasteiger partial charge in [-0.15, -0.1) is 11.3 Å². The molecule has 0 amide bonds. The molecule has 0 radical (unpaired) electrons. The Kier molecular flexibility index (Phi) is 1.37. The molecule has 0 aliphatic heterocycles. The van der Waals surface area contributed by atoms with Crippen LogP contribution in [0, 0.1) is 0 Å². The summed E-state index contributed by atoms with van der Waals surface area (Å²) in [5, 5.41) is 3.61. The topological polar surface area (TPSA) is 0 Å². The third-order valence-corrected chi connectivity index (χ3v) is 4.09. The van der Waals surface area contributed by atoms with Gasteiger partial charge in [-0.05, 0) is 40.7 Å². The van der Waals surface area contributed by atoms with E-state index in [0.29, 0.717) is 5.41 Å². The van der Waals surface area contributed by atoms with Crippen molar-refractivity contribution in [2.75, 3.05) is 0 Å². The minimum absolute atomic E-state index is 0.504. The summed E-state index contributed by atoms with van der Waals surface area (Å²) in [7, 11) is 0. The second-order valence-electron chi connectivity index (χ2n) is 4.21. The lowest BCUT2D eigenvalue weighted by Crippen LogP contribution is -1.98. The Morgan fingerprint density at radius 2 is 2.08 bits per heavy atom. The maximum Gasteiger partial charge on any atom is 0.0380 e. The van der Waals surface area contributed by atoms with E-state index in [-0.39, 0.29) is 0 Å². The van der Waals surface area contributed by atoms with Gasteiger partial charge in [0.15, 0.2) is 0 Å². The quantitative estimate of drug-likeness (QED) is 0.635. The largest absolute Gasteiger partial charge is 0.144 e. The summed E-state index contributed by atoms with van der Waals surface area (Å²) in [6, 6.07) is 8.91. The first kappa shape index (κ1) is 7.57. The van der Waals surface area contributed by atoms with Gasteiger partial charge in [-0.2, -0.15) is 0 Å². The molecule has 3 rings (SSSR count). The molecule has 66 valence electrons. The third kappa shape index (κ3) is 1.03. The van der Waals surface area contributed by atoms with E-state index in [2.05, 4.69) is 36.6 Å². The van der Waals surface area contributed by atoms with Crippen molar-refractivity contribution in [3.63, 3.8) is 0 Å². The summed E-state index contributed by atoms with van der Waals surface area (Å²) in [5.41, 5.74) is 2.07. The first-order chi connectivity index (χ1) is 6.30. The second kappa shape index (κ2) is 2.36. The minimum Gasteiger partial charge on any atom is -0.144 e. The summed E-state index contributed by atoms with van der Waals surface area (Å²) in [4.78, 5) is 0. The van der Waals surface area contributed by atoms with Crippen molar-refractivity contribution in [2.24, 2.45) is 0 Å². The molecule has 0 unspecified atom stereocenters. The predicted molar refractivity (Wildman–Crippen MR) is 58.4 cm³/mol. The fourth-order valence-corrected chi connectivity index (χ4v) is 2.99. The number of fused-ring (bicyclic) bond motifs is 1. The average Bonchev–Trinajstić information content (AvgIpc) is 2.72. The van der Waals surface area contributed by atoms with Gasteiger partial charge in [-0.3, -0.25) is 0 Å².